The van der Waals surface area contributed by atoms with E-state index in [4.69, 9.17) is 16.1 Å². The Kier molecular flexibility index (Phi) is 3.57. The van der Waals surface area contributed by atoms with Crippen molar-refractivity contribution in [3.8, 4) is 0 Å². The monoisotopic (exact) mass is 344 g/mol. The molecule has 0 aliphatic carbocycles. The Morgan fingerprint density at radius 3 is 2.88 bits per heavy atom. The molecule has 1 saturated heterocycles. The predicted octanol–water partition coefficient (Wildman–Crippen LogP) is 3.15. The van der Waals surface area contributed by atoms with E-state index in [0.29, 0.717) is 35.5 Å². The van der Waals surface area contributed by atoms with Crippen LogP contribution in [0.25, 0.3) is 10.9 Å². The fourth-order valence-electron chi connectivity index (χ4n) is 3.36. The van der Waals surface area contributed by atoms with Crippen LogP contribution in [0.5, 0.6) is 0 Å². The van der Waals surface area contributed by atoms with Crippen molar-refractivity contribution in [2.75, 3.05) is 13.1 Å². The number of para-hydroxylation sites is 1. The second-order valence-corrected chi connectivity index (χ2v) is 6.53. The van der Waals surface area contributed by atoms with Gasteiger partial charge in [0, 0.05) is 31.0 Å². The summed E-state index contributed by atoms with van der Waals surface area (Å²) in [6, 6.07) is 7.76. The third-order valence-corrected chi connectivity index (χ3v) is 5.00. The normalized spacial score (nSPS) is 17.8. The average molecular weight is 345 g/mol. The SMILES string of the molecule is Cc1noc(C2CCN(C(=O)c3c(Cl)c4ccccc4n3C)C2)n1. The van der Waals surface area contributed by atoms with Gasteiger partial charge in [-0.3, -0.25) is 4.79 Å². The van der Waals surface area contributed by atoms with Gasteiger partial charge in [-0.1, -0.05) is 35.0 Å². The second-order valence-electron chi connectivity index (χ2n) is 6.16. The van der Waals surface area contributed by atoms with Crippen LogP contribution >= 0.6 is 11.6 Å². The lowest BCUT2D eigenvalue weighted by Gasteiger charge is -2.16. The maximum Gasteiger partial charge on any atom is 0.272 e. The van der Waals surface area contributed by atoms with Gasteiger partial charge in [0.05, 0.1) is 10.9 Å². The van der Waals surface area contributed by atoms with Crippen molar-refractivity contribution < 1.29 is 9.32 Å². The first-order valence-electron chi connectivity index (χ1n) is 7.88. The molecule has 3 heterocycles. The Morgan fingerprint density at radius 1 is 1.38 bits per heavy atom. The van der Waals surface area contributed by atoms with Gasteiger partial charge in [-0.2, -0.15) is 4.98 Å². The summed E-state index contributed by atoms with van der Waals surface area (Å²) in [5.41, 5.74) is 1.48. The third-order valence-electron chi connectivity index (χ3n) is 4.62. The summed E-state index contributed by atoms with van der Waals surface area (Å²) in [4.78, 5) is 19.1. The molecule has 1 atom stereocenters. The molecule has 1 unspecified atom stereocenters. The van der Waals surface area contributed by atoms with Gasteiger partial charge < -0.3 is 14.0 Å². The molecule has 1 aliphatic rings. The Labute approximate surface area is 144 Å². The van der Waals surface area contributed by atoms with Crippen LogP contribution in [0, 0.1) is 6.92 Å². The molecule has 6 nitrogen and oxygen atoms in total. The molecule has 4 rings (SSSR count). The first kappa shape index (κ1) is 15.2. The maximum absolute atomic E-state index is 13.0. The van der Waals surface area contributed by atoms with E-state index in [-0.39, 0.29) is 11.8 Å². The quantitative estimate of drug-likeness (QED) is 0.716. The topological polar surface area (TPSA) is 64.2 Å². The molecular formula is C17H17ClN4O2. The third kappa shape index (κ3) is 2.29. The van der Waals surface area contributed by atoms with Gasteiger partial charge in [-0.15, -0.1) is 0 Å². The number of hydrogen-bond donors (Lipinski definition) is 0. The number of carbonyl (C=O) groups is 1. The number of nitrogens with zero attached hydrogens (tertiary/aromatic N) is 4. The van der Waals surface area contributed by atoms with Crippen molar-refractivity contribution >= 4 is 28.4 Å². The number of aromatic nitrogens is 3. The number of benzene rings is 1. The van der Waals surface area contributed by atoms with Gasteiger partial charge in [-0.25, -0.2) is 0 Å². The highest BCUT2D eigenvalue weighted by Crippen LogP contribution is 2.33. The van der Waals surface area contributed by atoms with Gasteiger partial charge in [0.1, 0.15) is 5.69 Å². The van der Waals surface area contributed by atoms with Gasteiger partial charge >= 0.3 is 0 Å². The zero-order valence-corrected chi connectivity index (χ0v) is 14.2. The van der Waals surface area contributed by atoms with E-state index < -0.39 is 0 Å². The molecule has 3 aromatic rings. The van der Waals surface area contributed by atoms with Crippen LogP contribution in [0.3, 0.4) is 0 Å². The van der Waals surface area contributed by atoms with Crippen LogP contribution in [-0.2, 0) is 7.05 Å². The first-order valence-corrected chi connectivity index (χ1v) is 8.26. The van der Waals surface area contributed by atoms with E-state index in [1.807, 2.05) is 40.8 Å². The van der Waals surface area contributed by atoms with E-state index in [9.17, 15) is 4.79 Å². The Hall–Kier alpha value is -2.34. The van der Waals surface area contributed by atoms with E-state index in [1.54, 1.807) is 6.92 Å². The van der Waals surface area contributed by atoms with E-state index in [0.717, 1.165) is 17.3 Å². The standard InChI is InChI=1S/C17H17ClN4O2/c1-10-19-16(24-20-10)11-7-8-22(9-11)17(23)15-14(18)12-5-3-4-6-13(12)21(15)2/h3-6,11H,7-9H2,1-2H3. The first-order chi connectivity index (χ1) is 11.6. The minimum atomic E-state index is -0.0579. The summed E-state index contributed by atoms with van der Waals surface area (Å²) in [7, 11) is 1.87. The smallest absolute Gasteiger partial charge is 0.272 e. The van der Waals surface area contributed by atoms with Gasteiger partial charge in [0.15, 0.2) is 5.82 Å². The fourth-order valence-corrected chi connectivity index (χ4v) is 3.73. The summed E-state index contributed by atoms with van der Waals surface area (Å²) in [5, 5.41) is 5.24. The zero-order chi connectivity index (χ0) is 16.8. The summed E-state index contributed by atoms with van der Waals surface area (Å²) in [5.74, 6) is 1.25. The number of rotatable bonds is 2. The van der Waals surface area contributed by atoms with Gasteiger partial charge in [-0.05, 0) is 19.4 Å². The molecule has 1 aliphatic heterocycles. The van der Waals surface area contributed by atoms with Crippen LogP contribution in [0.15, 0.2) is 28.8 Å². The summed E-state index contributed by atoms with van der Waals surface area (Å²) in [6.07, 6.45) is 0.814. The molecule has 0 spiro atoms. The minimum absolute atomic E-state index is 0.0579. The number of hydrogen-bond acceptors (Lipinski definition) is 4. The lowest BCUT2D eigenvalue weighted by Crippen LogP contribution is -2.30. The lowest BCUT2D eigenvalue weighted by molar-refractivity contribution is 0.0781. The van der Waals surface area contributed by atoms with Crippen LogP contribution in [0.4, 0.5) is 0 Å². The highest BCUT2D eigenvalue weighted by atomic mass is 35.5. The largest absolute Gasteiger partial charge is 0.339 e. The molecule has 124 valence electrons. The van der Waals surface area contributed by atoms with Crippen molar-refractivity contribution in [3.05, 3.63) is 46.7 Å². The van der Waals surface area contributed by atoms with Crippen molar-refractivity contribution in [1.82, 2.24) is 19.6 Å². The Balaban J connectivity index is 1.63. The molecule has 7 heteroatoms. The molecular weight excluding hydrogens is 328 g/mol. The number of halogens is 1. The molecule has 0 radical (unpaired) electrons. The zero-order valence-electron chi connectivity index (χ0n) is 13.5. The van der Waals surface area contributed by atoms with E-state index >= 15 is 0 Å². The van der Waals surface area contributed by atoms with Crippen LogP contribution in [-0.4, -0.2) is 38.6 Å². The molecule has 24 heavy (non-hydrogen) atoms. The number of fused-ring (bicyclic) bond motifs is 1. The Morgan fingerprint density at radius 2 is 2.17 bits per heavy atom. The van der Waals surface area contributed by atoms with Crippen LogP contribution in [0.2, 0.25) is 5.02 Å². The molecule has 1 aromatic carbocycles. The van der Waals surface area contributed by atoms with E-state index in [2.05, 4.69) is 10.1 Å². The van der Waals surface area contributed by atoms with Crippen molar-refractivity contribution in [2.24, 2.45) is 7.05 Å². The second kappa shape index (κ2) is 5.63. The fraction of sp³-hybridized carbons (Fsp3) is 0.353. The number of likely N-dealkylation sites (tertiary alicyclic amines) is 1. The molecule has 0 N–H and O–H groups in total. The molecule has 0 saturated carbocycles. The maximum atomic E-state index is 13.0. The summed E-state index contributed by atoms with van der Waals surface area (Å²) in [6.45, 7) is 3.02. The molecule has 1 fully saturated rings. The summed E-state index contributed by atoms with van der Waals surface area (Å²) < 4.78 is 7.11. The highest BCUT2D eigenvalue weighted by molar-refractivity contribution is 6.38. The molecule has 2 aromatic heterocycles. The van der Waals surface area contributed by atoms with Crippen LogP contribution in [0.1, 0.15) is 34.5 Å². The average Bonchev–Trinajstić information content (AvgIpc) is 3.27. The van der Waals surface area contributed by atoms with Gasteiger partial charge in [0.2, 0.25) is 5.89 Å². The van der Waals surface area contributed by atoms with E-state index in [1.165, 1.54) is 0 Å². The van der Waals surface area contributed by atoms with Gasteiger partial charge in [0.25, 0.3) is 5.91 Å². The lowest BCUT2D eigenvalue weighted by atomic mass is 10.1. The molecule has 0 bridgehead atoms. The summed E-state index contributed by atoms with van der Waals surface area (Å²) >= 11 is 6.48. The van der Waals surface area contributed by atoms with Crippen LogP contribution < -0.4 is 0 Å². The predicted molar refractivity (Wildman–Crippen MR) is 90.2 cm³/mol. The highest BCUT2D eigenvalue weighted by Gasteiger charge is 2.33. The Bertz CT molecular complexity index is 891. The number of aryl methyl sites for hydroxylation is 2. The number of carbonyl (C=O) groups excluding carboxylic acids is 1. The number of amides is 1. The van der Waals surface area contributed by atoms with Crippen molar-refractivity contribution in [3.63, 3.8) is 0 Å². The molecule has 1 amide bonds. The van der Waals surface area contributed by atoms with Crippen molar-refractivity contribution in [2.45, 2.75) is 19.3 Å². The van der Waals surface area contributed by atoms with Crippen molar-refractivity contribution in [1.29, 1.82) is 0 Å². The minimum Gasteiger partial charge on any atom is -0.339 e.